The molecule has 0 aromatic heterocycles. The molecule has 1 aliphatic heterocycles. The van der Waals surface area contributed by atoms with Crippen molar-refractivity contribution in [2.24, 2.45) is 5.73 Å². The monoisotopic (exact) mass is 292 g/mol. The molecule has 2 N–H and O–H groups in total. The van der Waals surface area contributed by atoms with Crippen LogP contribution in [0.4, 0.5) is 0 Å². The van der Waals surface area contributed by atoms with Crippen LogP contribution in [0.5, 0.6) is 11.5 Å². The molecule has 1 heterocycles. The minimum Gasteiger partial charge on any atom is -0.497 e. The van der Waals surface area contributed by atoms with E-state index < -0.39 is 0 Å². The molecule has 1 aliphatic rings. The van der Waals surface area contributed by atoms with Crippen molar-refractivity contribution in [2.75, 3.05) is 27.3 Å². The third-order valence-electron chi connectivity index (χ3n) is 4.70. The molecular formula is C17H28N2O2. The Morgan fingerprint density at radius 1 is 1.10 bits per heavy atom. The van der Waals surface area contributed by atoms with Gasteiger partial charge in [0, 0.05) is 11.1 Å². The Morgan fingerprint density at radius 2 is 1.76 bits per heavy atom. The second-order valence-corrected chi connectivity index (χ2v) is 6.29. The van der Waals surface area contributed by atoms with Crippen molar-refractivity contribution >= 4 is 0 Å². The Kier molecular flexibility index (Phi) is 5.12. The zero-order valence-electron chi connectivity index (χ0n) is 13.7. The summed E-state index contributed by atoms with van der Waals surface area (Å²) in [5.74, 6) is 1.64. The van der Waals surface area contributed by atoms with E-state index in [1.54, 1.807) is 14.2 Å². The van der Waals surface area contributed by atoms with Gasteiger partial charge >= 0.3 is 0 Å². The molecule has 0 aliphatic carbocycles. The lowest BCUT2D eigenvalue weighted by molar-refractivity contribution is 0.0722. The van der Waals surface area contributed by atoms with Crippen LogP contribution in [-0.2, 0) is 0 Å². The van der Waals surface area contributed by atoms with Gasteiger partial charge in [0.15, 0.2) is 0 Å². The quantitative estimate of drug-likeness (QED) is 0.906. The molecule has 118 valence electrons. The summed E-state index contributed by atoms with van der Waals surface area (Å²) in [4.78, 5) is 2.50. The number of hydrogen-bond acceptors (Lipinski definition) is 4. The lowest BCUT2D eigenvalue weighted by Crippen LogP contribution is -2.53. The van der Waals surface area contributed by atoms with E-state index in [0.717, 1.165) is 30.2 Å². The fraction of sp³-hybridized carbons (Fsp3) is 0.647. The van der Waals surface area contributed by atoms with E-state index >= 15 is 0 Å². The largest absolute Gasteiger partial charge is 0.497 e. The predicted octanol–water partition coefficient (Wildman–Crippen LogP) is 2.97. The SMILES string of the molecule is COc1ccc(OC)c(C(N)C(C)(C)N2CCCCC2)c1. The van der Waals surface area contributed by atoms with Crippen LogP contribution in [0, 0.1) is 0 Å². The van der Waals surface area contributed by atoms with Gasteiger partial charge in [-0.25, -0.2) is 0 Å². The molecule has 21 heavy (non-hydrogen) atoms. The van der Waals surface area contributed by atoms with Gasteiger partial charge in [-0.3, -0.25) is 4.90 Å². The van der Waals surface area contributed by atoms with Crippen molar-refractivity contribution in [3.05, 3.63) is 23.8 Å². The van der Waals surface area contributed by atoms with Crippen molar-refractivity contribution in [3.8, 4) is 11.5 Å². The number of nitrogens with two attached hydrogens (primary N) is 1. The molecule has 1 aromatic rings. The lowest BCUT2D eigenvalue weighted by Gasteiger charge is -2.45. The van der Waals surface area contributed by atoms with Gasteiger partial charge < -0.3 is 15.2 Å². The van der Waals surface area contributed by atoms with Crippen LogP contribution >= 0.6 is 0 Å². The summed E-state index contributed by atoms with van der Waals surface area (Å²) >= 11 is 0. The van der Waals surface area contributed by atoms with E-state index in [0.29, 0.717) is 0 Å². The van der Waals surface area contributed by atoms with Gasteiger partial charge in [0.05, 0.1) is 20.3 Å². The molecule has 1 aromatic carbocycles. The third-order valence-corrected chi connectivity index (χ3v) is 4.70. The van der Waals surface area contributed by atoms with E-state index in [-0.39, 0.29) is 11.6 Å². The maximum absolute atomic E-state index is 6.63. The highest BCUT2D eigenvalue weighted by atomic mass is 16.5. The lowest BCUT2D eigenvalue weighted by atomic mass is 9.85. The third kappa shape index (κ3) is 3.33. The molecule has 0 spiro atoms. The first-order valence-electron chi connectivity index (χ1n) is 7.73. The average molecular weight is 292 g/mol. The summed E-state index contributed by atoms with van der Waals surface area (Å²) in [6, 6.07) is 5.71. The van der Waals surface area contributed by atoms with Crippen molar-refractivity contribution in [1.82, 2.24) is 4.90 Å². The van der Waals surface area contributed by atoms with E-state index in [1.807, 2.05) is 18.2 Å². The summed E-state index contributed by atoms with van der Waals surface area (Å²) in [7, 11) is 3.36. The molecular weight excluding hydrogens is 264 g/mol. The predicted molar refractivity (Wildman–Crippen MR) is 86.0 cm³/mol. The van der Waals surface area contributed by atoms with Crippen LogP contribution in [0.1, 0.15) is 44.7 Å². The summed E-state index contributed by atoms with van der Waals surface area (Å²) in [6.07, 6.45) is 3.83. The van der Waals surface area contributed by atoms with Crippen LogP contribution in [0.2, 0.25) is 0 Å². The van der Waals surface area contributed by atoms with E-state index in [4.69, 9.17) is 15.2 Å². The van der Waals surface area contributed by atoms with Crippen LogP contribution in [0.25, 0.3) is 0 Å². The smallest absolute Gasteiger partial charge is 0.123 e. The number of likely N-dealkylation sites (tertiary alicyclic amines) is 1. The van der Waals surface area contributed by atoms with Crippen molar-refractivity contribution in [3.63, 3.8) is 0 Å². The Labute approximate surface area is 128 Å². The van der Waals surface area contributed by atoms with E-state index in [2.05, 4.69) is 18.7 Å². The minimum atomic E-state index is -0.124. The summed E-state index contributed by atoms with van der Waals surface area (Å²) in [5.41, 5.74) is 7.52. The Balaban J connectivity index is 2.30. The van der Waals surface area contributed by atoms with Crippen molar-refractivity contribution < 1.29 is 9.47 Å². The van der Waals surface area contributed by atoms with E-state index in [1.165, 1.54) is 19.3 Å². The molecule has 0 saturated carbocycles. The molecule has 4 heteroatoms. The van der Waals surface area contributed by atoms with Gasteiger partial charge in [-0.05, 0) is 58.0 Å². The zero-order valence-corrected chi connectivity index (χ0v) is 13.7. The Hall–Kier alpha value is -1.26. The number of methoxy groups -OCH3 is 2. The highest BCUT2D eigenvalue weighted by molar-refractivity contribution is 5.43. The number of rotatable bonds is 5. The first-order chi connectivity index (χ1) is 10.0. The van der Waals surface area contributed by atoms with E-state index in [9.17, 15) is 0 Å². The van der Waals surface area contributed by atoms with Gasteiger partial charge in [-0.15, -0.1) is 0 Å². The second-order valence-electron chi connectivity index (χ2n) is 6.29. The molecule has 1 fully saturated rings. The topological polar surface area (TPSA) is 47.7 Å². The maximum atomic E-state index is 6.63. The molecule has 1 unspecified atom stereocenters. The Bertz CT molecular complexity index is 468. The second kappa shape index (κ2) is 6.67. The molecule has 0 bridgehead atoms. The number of ether oxygens (including phenoxy) is 2. The standard InChI is InChI=1S/C17H28N2O2/c1-17(2,19-10-6-5-7-11-19)16(18)14-12-13(20-3)8-9-15(14)21-4/h8-9,12,16H,5-7,10-11,18H2,1-4H3. The van der Waals surface area contributed by atoms with Gasteiger partial charge in [-0.2, -0.15) is 0 Å². The average Bonchev–Trinajstić information content (AvgIpc) is 2.54. The maximum Gasteiger partial charge on any atom is 0.123 e. The molecule has 4 nitrogen and oxygen atoms in total. The summed E-state index contributed by atoms with van der Waals surface area (Å²) in [5, 5.41) is 0. The van der Waals surface area contributed by atoms with Crippen LogP contribution < -0.4 is 15.2 Å². The van der Waals surface area contributed by atoms with Crippen molar-refractivity contribution in [1.29, 1.82) is 0 Å². The van der Waals surface area contributed by atoms with Gasteiger partial charge in [-0.1, -0.05) is 6.42 Å². The normalized spacial score (nSPS) is 18.3. The molecule has 2 rings (SSSR count). The van der Waals surface area contributed by atoms with Crippen LogP contribution in [0.3, 0.4) is 0 Å². The molecule has 0 amide bonds. The van der Waals surface area contributed by atoms with Crippen LogP contribution in [-0.4, -0.2) is 37.7 Å². The Morgan fingerprint density at radius 3 is 2.33 bits per heavy atom. The number of nitrogens with zero attached hydrogens (tertiary/aromatic N) is 1. The molecule has 0 radical (unpaired) electrons. The molecule has 1 saturated heterocycles. The first kappa shape index (κ1) is 16.1. The number of piperidine rings is 1. The first-order valence-corrected chi connectivity index (χ1v) is 7.73. The zero-order chi connectivity index (χ0) is 15.5. The van der Waals surface area contributed by atoms with Crippen molar-refractivity contribution in [2.45, 2.75) is 44.7 Å². The van der Waals surface area contributed by atoms with Gasteiger partial charge in [0.25, 0.3) is 0 Å². The summed E-state index contributed by atoms with van der Waals surface area (Å²) < 4.78 is 10.8. The minimum absolute atomic E-state index is 0.111. The number of hydrogen-bond donors (Lipinski definition) is 1. The summed E-state index contributed by atoms with van der Waals surface area (Å²) in [6.45, 7) is 6.68. The van der Waals surface area contributed by atoms with Crippen LogP contribution in [0.15, 0.2) is 18.2 Å². The van der Waals surface area contributed by atoms with Gasteiger partial charge in [0.1, 0.15) is 11.5 Å². The van der Waals surface area contributed by atoms with Gasteiger partial charge in [0.2, 0.25) is 0 Å². The fourth-order valence-corrected chi connectivity index (χ4v) is 3.13. The number of benzene rings is 1. The molecule has 1 atom stereocenters. The highest BCUT2D eigenvalue weighted by Crippen LogP contribution is 2.37. The highest BCUT2D eigenvalue weighted by Gasteiger charge is 2.36. The fourth-order valence-electron chi connectivity index (χ4n) is 3.13.